The van der Waals surface area contributed by atoms with Crippen LogP contribution in [-0.2, 0) is 19.1 Å². The molecule has 136 valence electrons. The van der Waals surface area contributed by atoms with E-state index in [0.717, 1.165) is 25.7 Å². The molecule has 1 aromatic rings. The van der Waals surface area contributed by atoms with Crippen molar-refractivity contribution < 1.29 is 23.9 Å². The van der Waals surface area contributed by atoms with Crippen molar-refractivity contribution in [3.63, 3.8) is 0 Å². The number of hydrogen-bond acceptors (Lipinski definition) is 5. The molecule has 1 aromatic carbocycles. The minimum Gasteiger partial charge on any atom is -0.497 e. The number of carbonyl (C=O) groups is 3. The Balaban J connectivity index is 1.75. The van der Waals surface area contributed by atoms with Crippen LogP contribution in [0, 0.1) is 5.92 Å². The molecule has 1 aliphatic rings. The molecule has 0 unspecified atom stereocenters. The fourth-order valence-electron chi connectivity index (χ4n) is 2.73. The molecule has 0 aliphatic heterocycles. The monoisotopic (exact) mass is 348 g/mol. The van der Waals surface area contributed by atoms with Gasteiger partial charge in [-0.1, -0.05) is 18.9 Å². The molecule has 1 N–H and O–H groups in total. The summed E-state index contributed by atoms with van der Waals surface area (Å²) in [6, 6.07) is 6.94. The van der Waals surface area contributed by atoms with E-state index in [1.807, 2.05) is 0 Å². The fourth-order valence-corrected chi connectivity index (χ4v) is 2.73. The van der Waals surface area contributed by atoms with Crippen LogP contribution in [0.5, 0.6) is 5.75 Å². The van der Waals surface area contributed by atoms with Gasteiger partial charge in [0.15, 0.2) is 6.61 Å². The maximum Gasteiger partial charge on any atom is 0.309 e. The third kappa shape index (κ3) is 5.77. The second kappa shape index (κ2) is 9.05. The molecule has 2 amide bonds. The van der Waals surface area contributed by atoms with E-state index < -0.39 is 5.91 Å². The van der Waals surface area contributed by atoms with Crippen LogP contribution in [0.3, 0.4) is 0 Å². The van der Waals surface area contributed by atoms with Gasteiger partial charge in [-0.25, -0.2) is 0 Å². The highest BCUT2D eigenvalue weighted by atomic mass is 16.5. The molecule has 25 heavy (non-hydrogen) atoms. The van der Waals surface area contributed by atoms with Gasteiger partial charge in [-0.15, -0.1) is 0 Å². The van der Waals surface area contributed by atoms with Crippen molar-refractivity contribution in [3.8, 4) is 5.75 Å². The summed E-state index contributed by atoms with van der Waals surface area (Å²) >= 11 is 0. The molecule has 0 saturated heterocycles. The zero-order valence-corrected chi connectivity index (χ0v) is 14.6. The van der Waals surface area contributed by atoms with Crippen molar-refractivity contribution in [2.24, 2.45) is 5.92 Å². The first-order chi connectivity index (χ1) is 12.0. The first kappa shape index (κ1) is 18.8. The number of ether oxygens (including phenoxy) is 2. The molecule has 1 aliphatic carbocycles. The summed E-state index contributed by atoms with van der Waals surface area (Å²) in [7, 11) is 3.04. The van der Waals surface area contributed by atoms with Crippen molar-refractivity contribution >= 4 is 23.5 Å². The van der Waals surface area contributed by atoms with Gasteiger partial charge in [0.05, 0.1) is 19.6 Å². The SMILES string of the molecule is COc1cccc(NC(=O)CN(C)C(=O)COC(=O)C2CCCC2)c1. The Labute approximate surface area is 147 Å². The van der Waals surface area contributed by atoms with Crippen molar-refractivity contribution in [2.45, 2.75) is 25.7 Å². The van der Waals surface area contributed by atoms with Crippen LogP contribution < -0.4 is 10.1 Å². The van der Waals surface area contributed by atoms with Crippen molar-refractivity contribution in [1.29, 1.82) is 0 Å². The van der Waals surface area contributed by atoms with Crippen LogP contribution in [-0.4, -0.2) is 50.0 Å². The number of rotatable bonds is 7. The average molecular weight is 348 g/mol. The molecule has 0 bridgehead atoms. The van der Waals surface area contributed by atoms with E-state index in [0.29, 0.717) is 11.4 Å². The van der Waals surface area contributed by atoms with Crippen LogP contribution in [0.2, 0.25) is 0 Å². The van der Waals surface area contributed by atoms with Gasteiger partial charge in [-0.2, -0.15) is 0 Å². The Morgan fingerprint density at radius 2 is 1.96 bits per heavy atom. The van der Waals surface area contributed by atoms with E-state index >= 15 is 0 Å². The largest absolute Gasteiger partial charge is 0.497 e. The number of nitrogens with one attached hydrogen (secondary N) is 1. The van der Waals surface area contributed by atoms with Crippen LogP contribution in [0.25, 0.3) is 0 Å². The number of nitrogens with zero attached hydrogens (tertiary/aromatic N) is 1. The topological polar surface area (TPSA) is 84.9 Å². The first-order valence-corrected chi connectivity index (χ1v) is 8.34. The fraction of sp³-hybridized carbons (Fsp3) is 0.500. The van der Waals surface area contributed by atoms with Gasteiger partial charge in [0.1, 0.15) is 5.75 Å². The first-order valence-electron chi connectivity index (χ1n) is 8.34. The summed E-state index contributed by atoms with van der Waals surface area (Å²) in [5, 5.41) is 2.69. The Hall–Kier alpha value is -2.57. The summed E-state index contributed by atoms with van der Waals surface area (Å²) in [5.74, 6) is -0.533. The zero-order valence-electron chi connectivity index (χ0n) is 14.6. The number of carbonyl (C=O) groups excluding carboxylic acids is 3. The number of anilines is 1. The lowest BCUT2D eigenvalue weighted by Crippen LogP contribution is -2.37. The van der Waals surface area contributed by atoms with Gasteiger partial charge >= 0.3 is 5.97 Å². The Morgan fingerprint density at radius 3 is 2.64 bits per heavy atom. The maximum absolute atomic E-state index is 12.0. The highest BCUT2D eigenvalue weighted by Crippen LogP contribution is 2.25. The molecule has 1 fully saturated rings. The molecular weight excluding hydrogens is 324 g/mol. The van der Waals surface area contributed by atoms with Crippen LogP contribution in [0.15, 0.2) is 24.3 Å². The molecule has 1 saturated carbocycles. The second-order valence-corrected chi connectivity index (χ2v) is 6.12. The van der Waals surface area contributed by atoms with E-state index in [-0.39, 0.29) is 30.9 Å². The lowest BCUT2D eigenvalue weighted by atomic mass is 10.1. The number of likely N-dealkylation sites (N-methyl/N-ethyl adjacent to an activating group) is 1. The van der Waals surface area contributed by atoms with Crippen LogP contribution >= 0.6 is 0 Å². The summed E-state index contributed by atoms with van der Waals surface area (Å²) in [5.41, 5.74) is 0.581. The van der Waals surface area contributed by atoms with Gasteiger partial charge in [0.25, 0.3) is 5.91 Å². The summed E-state index contributed by atoms with van der Waals surface area (Å²) < 4.78 is 10.1. The molecule has 0 spiro atoms. The highest BCUT2D eigenvalue weighted by molar-refractivity contribution is 5.95. The summed E-state index contributed by atoms with van der Waals surface area (Å²) in [4.78, 5) is 37.1. The van der Waals surface area contributed by atoms with Gasteiger partial charge in [0, 0.05) is 18.8 Å². The molecular formula is C18H24N2O5. The van der Waals surface area contributed by atoms with Gasteiger partial charge in [-0.3, -0.25) is 14.4 Å². The van der Waals surface area contributed by atoms with E-state index in [1.54, 1.807) is 31.4 Å². The molecule has 7 nitrogen and oxygen atoms in total. The van der Waals surface area contributed by atoms with E-state index in [2.05, 4.69) is 5.32 Å². The summed E-state index contributed by atoms with van der Waals surface area (Å²) in [6.07, 6.45) is 3.70. The third-order valence-electron chi connectivity index (χ3n) is 4.19. The zero-order chi connectivity index (χ0) is 18.2. The molecule has 0 radical (unpaired) electrons. The van der Waals surface area contributed by atoms with E-state index in [9.17, 15) is 14.4 Å². The minimum absolute atomic E-state index is 0.0885. The quantitative estimate of drug-likeness (QED) is 0.760. The van der Waals surface area contributed by atoms with Gasteiger partial charge in [0.2, 0.25) is 5.91 Å². The molecule has 0 heterocycles. The van der Waals surface area contributed by atoms with Crippen molar-refractivity contribution in [3.05, 3.63) is 24.3 Å². The van der Waals surface area contributed by atoms with Gasteiger partial charge < -0.3 is 19.7 Å². The minimum atomic E-state index is -0.410. The average Bonchev–Trinajstić information content (AvgIpc) is 3.14. The Morgan fingerprint density at radius 1 is 1.24 bits per heavy atom. The normalized spacial score (nSPS) is 14.0. The predicted molar refractivity (Wildman–Crippen MR) is 92.2 cm³/mol. The van der Waals surface area contributed by atoms with Crippen molar-refractivity contribution in [2.75, 3.05) is 32.6 Å². The van der Waals surface area contributed by atoms with Crippen molar-refractivity contribution in [1.82, 2.24) is 4.90 Å². The lowest BCUT2D eigenvalue weighted by Gasteiger charge is -2.17. The number of methoxy groups -OCH3 is 1. The number of amides is 2. The smallest absolute Gasteiger partial charge is 0.309 e. The highest BCUT2D eigenvalue weighted by Gasteiger charge is 2.25. The maximum atomic E-state index is 12.0. The van der Waals surface area contributed by atoms with Crippen LogP contribution in [0.4, 0.5) is 5.69 Å². The predicted octanol–water partition coefficient (Wildman–Crippen LogP) is 1.83. The molecule has 2 rings (SSSR count). The number of hydrogen-bond donors (Lipinski definition) is 1. The van der Waals surface area contributed by atoms with Crippen LogP contribution in [0.1, 0.15) is 25.7 Å². The van der Waals surface area contributed by atoms with E-state index in [1.165, 1.54) is 11.9 Å². The third-order valence-corrected chi connectivity index (χ3v) is 4.19. The molecule has 0 atom stereocenters. The number of benzene rings is 1. The standard InChI is InChI=1S/C18H24N2O5/c1-20(17(22)12-25-18(23)13-6-3-4-7-13)11-16(21)19-14-8-5-9-15(10-14)24-2/h5,8-10,13H,3-4,6-7,11-12H2,1-2H3,(H,19,21). The lowest BCUT2D eigenvalue weighted by molar-refractivity contribution is -0.155. The Kier molecular flexibility index (Phi) is 6.80. The Bertz CT molecular complexity index is 626. The molecule has 7 heteroatoms. The molecule has 0 aromatic heterocycles. The van der Waals surface area contributed by atoms with Gasteiger partial charge in [-0.05, 0) is 25.0 Å². The number of esters is 1. The second-order valence-electron chi connectivity index (χ2n) is 6.12. The van der Waals surface area contributed by atoms with E-state index in [4.69, 9.17) is 9.47 Å². The summed E-state index contributed by atoms with van der Waals surface area (Å²) in [6.45, 7) is -0.463.